The lowest BCUT2D eigenvalue weighted by Crippen LogP contribution is -2.41. The molecule has 1 unspecified atom stereocenters. The van der Waals surface area contributed by atoms with Crippen LogP contribution in [-0.2, 0) is 4.79 Å². The third kappa shape index (κ3) is 4.83. The van der Waals surface area contributed by atoms with Gasteiger partial charge in [0.05, 0.1) is 12.6 Å². The monoisotopic (exact) mass is 345 g/mol. The number of amides is 3. The molecule has 5 nitrogen and oxygen atoms in total. The Morgan fingerprint density at radius 2 is 1.83 bits per heavy atom. The van der Waals surface area contributed by atoms with E-state index in [1.807, 2.05) is 57.3 Å². The number of urea groups is 1. The van der Waals surface area contributed by atoms with Gasteiger partial charge in [-0.3, -0.25) is 4.79 Å². The maximum absolute atomic E-state index is 12.1. The highest BCUT2D eigenvalue weighted by Crippen LogP contribution is 2.21. The molecule has 0 saturated heterocycles. The van der Waals surface area contributed by atoms with Gasteiger partial charge in [0.2, 0.25) is 5.91 Å². The van der Waals surface area contributed by atoms with Crippen LogP contribution in [0.15, 0.2) is 29.6 Å². The minimum absolute atomic E-state index is 0.0737. The summed E-state index contributed by atoms with van der Waals surface area (Å²) in [5, 5.41) is 10.2. The summed E-state index contributed by atoms with van der Waals surface area (Å²) in [6.45, 7) is 7.77. The molecular formula is C18H23N3O2S. The van der Waals surface area contributed by atoms with Crippen LogP contribution < -0.4 is 16.0 Å². The van der Waals surface area contributed by atoms with E-state index in [1.54, 1.807) is 11.3 Å². The predicted molar refractivity (Wildman–Crippen MR) is 98.6 cm³/mol. The van der Waals surface area contributed by atoms with Crippen molar-refractivity contribution < 1.29 is 9.59 Å². The van der Waals surface area contributed by atoms with Crippen molar-refractivity contribution in [3.63, 3.8) is 0 Å². The Balaban J connectivity index is 1.84. The van der Waals surface area contributed by atoms with Crippen LogP contribution in [0, 0.1) is 20.8 Å². The first kappa shape index (κ1) is 18.0. The molecule has 1 aromatic carbocycles. The van der Waals surface area contributed by atoms with Crippen molar-refractivity contribution in [3.05, 3.63) is 51.2 Å². The summed E-state index contributed by atoms with van der Waals surface area (Å²) < 4.78 is 0. The summed E-state index contributed by atoms with van der Waals surface area (Å²) in [7, 11) is 0. The van der Waals surface area contributed by atoms with Gasteiger partial charge in [0.25, 0.3) is 0 Å². The number of thiophene rings is 1. The third-order valence-electron chi connectivity index (χ3n) is 3.67. The zero-order chi connectivity index (χ0) is 17.7. The lowest BCUT2D eigenvalue weighted by Gasteiger charge is -2.15. The smallest absolute Gasteiger partial charge is 0.315 e. The highest BCUT2D eigenvalue weighted by Gasteiger charge is 2.12. The number of aryl methyl sites for hydroxylation is 3. The summed E-state index contributed by atoms with van der Waals surface area (Å²) in [6, 6.07) is 7.50. The second-order valence-electron chi connectivity index (χ2n) is 5.89. The zero-order valence-electron chi connectivity index (χ0n) is 14.4. The molecule has 0 aliphatic carbocycles. The van der Waals surface area contributed by atoms with E-state index in [4.69, 9.17) is 0 Å². The highest BCUT2D eigenvalue weighted by atomic mass is 32.1. The Labute approximate surface area is 146 Å². The topological polar surface area (TPSA) is 70.2 Å². The first-order chi connectivity index (χ1) is 11.4. The Bertz CT molecular complexity index is 703. The Morgan fingerprint density at radius 3 is 2.42 bits per heavy atom. The quantitative estimate of drug-likeness (QED) is 0.774. The van der Waals surface area contributed by atoms with Gasteiger partial charge in [-0.1, -0.05) is 23.8 Å². The van der Waals surface area contributed by atoms with Gasteiger partial charge >= 0.3 is 6.03 Å². The van der Waals surface area contributed by atoms with Crippen LogP contribution in [0.2, 0.25) is 0 Å². The van der Waals surface area contributed by atoms with Crippen molar-refractivity contribution in [1.29, 1.82) is 0 Å². The SMILES string of the molecule is Cc1cc(C)c(NC(=O)CNC(=O)NC(C)c2cccs2)c(C)c1. The molecule has 0 radical (unpaired) electrons. The van der Waals surface area contributed by atoms with Gasteiger partial charge in [-0.25, -0.2) is 4.79 Å². The molecule has 0 fully saturated rings. The lowest BCUT2D eigenvalue weighted by molar-refractivity contribution is -0.115. The van der Waals surface area contributed by atoms with Gasteiger partial charge in [-0.05, 0) is 50.3 Å². The molecule has 6 heteroatoms. The average molecular weight is 345 g/mol. The number of hydrogen-bond donors (Lipinski definition) is 3. The fourth-order valence-corrected chi connectivity index (χ4v) is 3.31. The third-order valence-corrected chi connectivity index (χ3v) is 4.72. The highest BCUT2D eigenvalue weighted by molar-refractivity contribution is 7.10. The number of benzene rings is 1. The second-order valence-corrected chi connectivity index (χ2v) is 6.87. The first-order valence-corrected chi connectivity index (χ1v) is 8.70. The van der Waals surface area contributed by atoms with Crippen molar-refractivity contribution in [2.45, 2.75) is 33.7 Å². The molecule has 0 aliphatic rings. The summed E-state index contributed by atoms with van der Waals surface area (Å²) in [6.07, 6.45) is 0. The number of carbonyl (C=O) groups excluding carboxylic acids is 2. The van der Waals surface area contributed by atoms with Gasteiger partial charge < -0.3 is 16.0 Å². The molecule has 3 amide bonds. The molecule has 24 heavy (non-hydrogen) atoms. The maximum atomic E-state index is 12.1. The number of anilines is 1. The van der Waals surface area contributed by atoms with E-state index < -0.39 is 0 Å². The van der Waals surface area contributed by atoms with Crippen LogP contribution in [0.1, 0.15) is 34.5 Å². The summed E-state index contributed by atoms with van der Waals surface area (Å²) in [5.41, 5.74) is 3.98. The number of hydrogen-bond acceptors (Lipinski definition) is 3. The molecule has 3 N–H and O–H groups in total. The number of nitrogens with one attached hydrogen (secondary N) is 3. The zero-order valence-corrected chi connectivity index (χ0v) is 15.2. The fourth-order valence-electron chi connectivity index (χ4n) is 2.58. The average Bonchev–Trinajstić information content (AvgIpc) is 3.03. The first-order valence-electron chi connectivity index (χ1n) is 7.82. The number of carbonyl (C=O) groups is 2. The molecule has 1 heterocycles. The Morgan fingerprint density at radius 1 is 1.17 bits per heavy atom. The van der Waals surface area contributed by atoms with E-state index in [0.29, 0.717) is 0 Å². The van der Waals surface area contributed by atoms with E-state index in [-0.39, 0.29) is 24.5 Å². The summed E-state index contributed by atoms with van der Waals surface area (Å²) >= 11 is 1.58. The van der Waals surface area contributed by atoms with Crippen molar-refractivity contribution in [3.8, 4) is 0 Å². The number of rotatable bonds is 5. The van der Waals surface area contributed by atoms with E-state index >= 15 is 0 Å². The van der Waals surface area contributed by atoms with Gasteiger partial charge in [-0.15, -0.1) is 11.3 Å². The van der Waals surface area contributed by atoms with E-state index in [9.17, 15) is 9.59 Å². The molecule has 0 bridgehead atoms. The minimum Gasteiger partial charge on any atom is -0.331 e. The van der Waals surface area contributed by atoms with Crippen LogP contribution in [0.4, 0.5) is 10.5 Å². The van der Waals surface area contributed by atoms with Crippen LogP contribution in [0.3, 0.4) is 0 Å². The van der Waals surface area contributed by atoms with Gasteiger partial charge in [0.15, 0.2) is 0 Å². The maximum Gasteiger partial charge on any atom is 0.315 e. The minimum atomic E-state index is -0.358. The molecule has 1 atom stereocenters. The van der Waals surface area contributed by atoms with E-state index in [2.05, 4.69) is 16.0 Å². The van der Waals surface area contributed by atoms with E-state index in [1.165, 1.54) is 0 Å². The standard InChI is InChI=1S/C18H23N3O2S/c1-11-8-12(2)17(13(3)9-11)21-16(22)10-19-18(23)20-14(4)15-6-5-7-24-15/h5-9,14H,10H2,1-4H3,(H,21,22)(H2,19,20,23). The van der Waals surface area contributed by atoms with Gasteiger partial charge in [0.1, 0.15) is 0 Å². The van der Waals surface area contributed by atoms with Crippen molar-refractivity contribution in [2.24, 2.45) is 0 Å². The van der Waals surface area contributed by atoms with E-state index in [0.717, 1.165) is 27.3 Å². The van der Waals surface area contributed by atoms with Crippen LogP contribution in [0.5, 0.6) is 0 Å². The predicted octanol–water partition coefficient (Wildman–Crippen LogP) is 3.67. The van der Waals surface area contributed by atoms with Crippen LogP contribution in [-0.4, -0.2) is 18.5 Å². The Hall–Kier alpha value is -2.34. The van der Waals surface area contributed by atoms with Crippen molar-refractivity contribution in [2.75, 3.05) is 11.9 Å². The molecule has 0 saturated carbocycles. The van der Waals surface area contributed by atoms with Crippen molar-refractivity contribution in [1.82, 2.24) is 10.6 Å². The molecule has 2 rings (SSSR count). The molecule has 128 valence electrons. The second kappa shape index (κ2) is 7.97. The molecule has 1 aromatic heterocycles. The van der Waals surface area contributed by atoms with Crippen LogP contribution >= 0.6 is 11.3 Å². The molecular weight excluding hydrogens is 322 g/mol. The van der Waals surface area contributed by atoms with Gasteiger partial charge in [-0.2, -0.15) is 0 Å². The Kier molecular flexibility index (Phi) is 5.98. The van der Waals surface area contributed by atoms with Crippen molar-refractivity contribution >= 4 is 29.0 Å². The summed E-state index contributed by atoms with van der Waals surface area (Å²) in [5.74, 6) is -0.246. The summed E-state index contributed by atoms with van der Waals surface area (Å²) in [4.78, 5) is 25.0. The largest absolute Gasteiger partial charge is 0.331 e. The van der Waals surface area contributed by atoms with Gasteiger partial charge in [0, 0.05) is 10.6 Å². The fraction of sp³-hybridized carbons (Fsp3) is 0.333. The molecule has 2 aromatic rings. The normalized spacial score (nSPS) is 11.7. The van der Waals surface area contributed by atoms with Crippen LogP contribution in [0.25, 0.3) is 0 Å². The lowest BCUT2D eigenvalue weighted by atomic mass is 10.1. The molecule has 0 aliphatic heterocycles. The molecule has 0 spiro atoms.